The molecule has 2 aromatic carbocycles. The van der Waals surface area contributed by atoms with Crippen molar-refractivity contribution in [3.8, 4) is 0 Å². The molecule has 0 N–H and O–H groups in total. The summed E-state index contributed by atoms with van der Waals surface area (Å²) in [7, 11) is -3.68. The van der Waals surface area contributed by atoms with Gasteiger partial charge in [-0.15, -0.1) is 11.3 Å². The molecule has 154 valence electrons. The fraction of sp³-hybridized carbons (Fsp3) is 0.273. The Labute approximate surface area is 179 Å². The van der Waals surface area contributed by atoms with Crippen molar-refractivity contribution in [1.29, 1.82) is 0 Å². The van der Waals surface area contributed by atoms with Gasteiger partial charge in [0.05, 0.1) is 27.7 Å². The van der Waals surface area contributed by atoms with Crippen LogP contribution in [0.15, 0.2) is 64.9 Å². The molecule has 1 saturated heterocycles. The van der Waals surface area contributed by atoms with Crippen molar-refractivity contribution in [3.05, 3.63) is 81.8 Å². The molecule has 3 aromatic rings. The molecule has 1 spiro atoms. The van der Waals surface area contributed by atoms with Crippen LogP contribution in [0.4, 0.5) is 0 Å². The van der Waals surface area contributed by atoms with E-state index in [2.05, 4.69) is 4.98 Å². The quantitative estimate of drug-likeness (QED) is 0.627. The third-order valence-corrected chi connectivity index (χ3v) is 8.75. The molecule has 1 unspecified atom stereocenters. The standard InChI is InChI=1S/C22H21N3O3S2/c1-16-23-18(14-29-16)13-25-22(19-9-5-6-10-20(19)30(25,27)28)11-12-24(15-22)21(26)17-7-3-2-4-8-17/h2-10,14H,11-13,15H2,1H3. The van der Waals surface area contributed by atoms with E-state index in [0.717, 1.165) is 16.3 Å². The number of amides is 1. The molecule has 2 aliphatic rings. The van der Waals surface area contributed by atoms with Crippen LogP contribution in [-0.4, -0.2) is 41.6 Å². The second kappa shape index (κ2) is 7.01. The van der Waals surface area contributed by atoms with Crippen molar-refractivity contribution in [1.82, 2.24) is 14.2 Å². The average Bonchev–Trinajstić information content (AvgIpc) is 3.42. The van der Waals surface area contributed by atoms with Crippen molar-refractivity contribution in [2.45, 2.75) is 30.3 Å². The van der Waals surface area contributed by atoms with Gasteiger partial charge in [0.1, 0.15) is 0 Å². The Morgan fingerprint density at radius 2 is 1.87 bits per heavy atom. The molecule has 8 heteroatoms. The number of thiazole rings is 1. The second-order valence-corrected chi connectivity index (χ2v) is 10.6. The zero-order valence-corrected chi connectivity index (χ0v) is 18.1. The molecular formula is C22H21N3O3S2. The first-order valence-corrected chi connectivity index (χ1v) is 12.1. The molecule has 3 heterocycles. The third-order valence-electron chi connectivity index (χ3n) is 5.96. The van der Waals surface area contributed by atoms with E-state index >= 15 is 0 Å². The normalized spacial score (nSPS) is 22.5. The third kappa shape index (κ3) is 2.90. The Bertz CT molecular complexity index is 1220. The lowest BCUT2D eigenvalue weighted by Crippen LogP contribution is -2.46. The number of rotatable bonds is 3. The monoisotopic (exact) mass is 439 g/mol. The van der Waals surface area contributed by atoms with Gasteiger partial charge in [0.2, 0.25) is 10.0 Å². The van der Waals surface area contributed by atoms with Gasteiger partial charge in [-0.25, -0.2) is 13.4 Å². The van der Waals surface area contributed by atoms with Crippen LogP contribution in [0.25, 0.3) is 0 Å². The highest BCUT2D eigenvalue weighted by Crippen LogP contribution is 2.50. The highest BCUT2D eigenvalue weighted by Gasteiger charge is 2.57. The minimum atomic E-state index is -3.68. The summed E-state index contributed by atoms with van der Waals surface area (Å²) < 4.78 is 28.6. The van der Waals surface area contributed by atoms with E-state index in [9.17, 15) is 13.2 Å². The minimum absolute atomic E-state index is 0.0706. The number of aryl methyl sites for hydroxylation is 1. The Morgan fingerprint density at radius 3 is 2.60 bits per heavy atom. The van der Waals surface area contributed by atoms with Crippen LogP contribution < -0.4 is 0 Å². The number of sulfonamides is 1. The number of carbonyl (C=O) groups excluding carboxylic acids is 1. The maximum atomic E-state index is 13.5. The molecule has 1 atom stereocenters. The van der Waals surface area contributed by atoms with E-state index in [1.807, 2.05) is 42.6 Å². The topological polar surface area (TPSA) is 70.6 Å². The Morgan fingerprint density at radius 1 is 1.13 bits per heavy atom. The number of likely N-dealkylation sites (tertiary alicyclic amines) is 1. The van der Waals surface area contributed by atoms with Crippen molar-refractivity contribution in [3.63, 3.8) is 0 Å². The van der Waals surface area contributed by atoms with Crippen molar-refractivity contribution in [2.75, 3.05) is 13.1 Å². The average molecular weight is 440 g/mol. The van der Waals surface area contributed by atoms with E-state index in [-0.39, 0.29) is 12.5 Å². The summed E-state index contributed by atoms with van der Waals surface area (Å²) in [5, 5.41) is 2.81. The predicted molar refractivity (Wildman–Crippen MR) is 115 cm³/mol. The highest BCUT2D eigenvalue weighted by atomic mass is 32.2. The first kappa shape index (κ1) is 19.4. The first-order valence-electron chi connectivity index (χ1n) is 9.79. The Balaban J connectivity index is 1.56. The number of fused-ring (bicyclic) bond motifs is 2. The van der Waals surface area contributed by atoms with Gasteiger partial charge in [0, 0.05) is 24.0 Å². The number of hydrogen-bond donors (Lipinski definition) is 0. The zero-order chi connectivity index (χ0) is 20.9. The lowest BCUT2D eigenvalue weighted by molar-refractivity contribution is 0.0762. The van der Waals surface area contributed by atoms with Crippen LogP contribution in [-0.2, 0) is 22.1 Å². The highest BCUT2D eigenvalue weighted by molar-refractivity contribution is 7.89. The molecule has 1 aromatic heterocycles. The predicted octanol–water partition coefficient (Wildman–Crippen LogP) is 3.40. The van der Waals surface area contributed by atoms with E-state index < -0.39 is 15.6 Å². The summed E-state index contributed by atoms with van der Waals surface area (Å²) in [5.74, 6) is -0.0706. The van der Waals surface area contributed by atoms with Gasteiger partial charge >= 0.3 is 0 Å². The van der Waals surface area contributed by atoms with Gasteiger partial charge in [-0.3, -0.25) is 4.79 Å². The van der Waals surface area contributed by atoms with E-state index in [1.54, 1.807) is 33.5 Å². The maximum Gasteiger partial charge on any atom is 0.253 e. The van der Waals surface area contributed by atoms with E-state index in [1.165, 1.54) is 11.3 Å². The minimum Gasteiger partial charge on any atom is -0.336 e. The summed E-state index contributed by atoms with van der Waals surface area (Å²) >= 11 is 1.51. The largest absolute Gasteiger partial charge is 0.336 e. The number of nitrogens with zero attached hydrogens (tertiary/aromatic N) is 3. The molecule has 0 aliphatic carbocycles. The van der Waals surface area contributed by atoms with Crippen molar-refractivity contribution >= 4 is 27.3 Å². The molecule has 0 saturated carbocycles. The molecule has 30 heavy (non-hydrogen) atoms. The summed E-state index contributed by atoms with van der Waals surface area (Å²) in [6, 6.07) is 16.3. The van der Waals surface area contributed by atoms with Crippen LogP contribution in [0.5, 0.6) is 0 Å². The Hall–Kier alpha value is -2.55. The molecule has 1 amide bonds. The molecule has 6 nitrogen and oxygen atoms in total. The lowest BCUT2D eigenvalue weighted by atomic mass is 9.89. The molecule has 1 fully saturated rings. The maximum absolute atomic E-state index is 13.5. The van der Waals surface area contributed by atoms with Gasteiger partial charge in [-0.2, -0.15) is 4.31 Å². The fourth-order valence-electron chi connectivity index (χ4n) is 4.58. The van der Waals surface area contributed by atoms with Crippen LogP contribution in [0.2, 0.25) is 0 Å². The van der Waals surface area contributed by atoms with Crippen molar-refractivity contribution < 1.29 is 13.2 Å². The summed E-state index contributed by atoms with van der Waals surface area (Å²) in [6.45, 7) is 2.95. The van der Waals surface area contributed by atoms with Crippen LogP contribution in [0.3, 0.4) is 0 Å². The molecule has 5 rings (SSSR count). The number of benzene rings is 2. The van der Waals surface area contributed by atoms with E-state index in [4.69, 9.17) is 0 Å². The molecular weight excluding hydrogens is 418 g/mol. The van der Waals surface area contributed by atoms with Gasteiger partial charge < -0.3 is 4.90 Å². The van der Waals surface area contributed by atoms with Crippen LogP contribution in [0, 0.1) is 6.92 Å². The van der Waals surface area contributed by atoms with Crippen molar-refractivity contribution in [2.24, 2.45) is 0 Å². The number of hydrogen-bond acceptors (Lipinski definition) is 5. The van der Waals surface area contributed by atoms with Gasteiger partial charge in [0.25, 0.3) is 5.91 Å². The lowest BCUT2D eigenvalue weighted by Gasteiger charge is -2.33. The summed E-state index contributed by atoms with van der Waals surface area (Å²) in [5.41, 5.74) is 1.36. The van der Waals surface area contributed by atoms with Crippen LogP contribution >= 0.6 is 11.3 Å². The summed E-state index contributed by atoms with van der Waals surface area (Å²) in [6.07, 6.45) is 0.560. The fourth-order valence-corrected chi connectivity index (χ4v) is 7.21. The molecule has 0 bridgehead atoms. The second-order valence-electron chi connectivity index (χ2n) is 7.74. The SMILES string of the molecule is Cc1nc(CN2C3(CCN(C(=O)c4ccccc4)C3)c3ccccc3S2(=O)=O)cs1. The van der Waals surface area contributed by atoms with Gasteiger partial charge in [-0.1, -0.05) is 36.4 Å². The first-order chi connectivity index (χ1) is 14.4. The summed E-state index contributed by atoms with van der Waals surface area (Å²) in [4.78, 5) is 19.7. The van der Waals surface area contributed by atoms with E-state index in [0.29, 0.717) is 30.0 Å². The number of carbonyl (C=O) groups is 1. The molecule has 0 radical (unpaired) electrons. The zero-order valence-electron chi connectivity index (χ0n) is 16.5. The van der Waals surface area contributed by atoms with Gasteiger partial charge in [0.15, 0.2) is 0 Å². The van der Waals surface area contributed by atoms with Crippen LogP contribution in [0.1, 0.15) is 33.0 Å². The number of aromatic nitrogens is 1. The smallest absolute Gasteiger partial charge is 0.253 e. The molecule has 2 aliphatic heterocycles. The van der Waals surface area contributed by atoms with Gasteiger partial charge in [-0.05, 0) is 37.1 Å². The Kier molecular flexibility index (Phi) is 4.53.